The van der Waals surface area contributed by atoms with Gasteiger partial charge >= 0.3 is 0 Å². The molecular weight excluding hydrogens is 246 g/mol. The Morgan fingerprint density at radius 1 is 1.33 bits per heavy atom. The number of fused-ring (bicyclic) bond motifs is 1. The zero-order valence-electron chi connectivity index (χ0n) is 11.2. The molecule has 2 aromatic heterocycles. The summed E-state index contributed by atoms with van der Waals surface area (Å²) in [5, 5.41) is 0.988. The van der Waals surface area contributed by atoms with Crippen molar-refractivity contribution in [2.45, 2.75) is 6.73 Å². The molecule has 0 saturated heterocycles. The second-order valence-corrected chi connectivity index (χ2v) is 9.85. The molecule has 0 atom stereocenters. The van der Waals surface area contributed by atoms with E-state index in [1.165, 1.54) is 0 Å². The predicted octanol–water partition coefficient (Wildman–Crippen LogP) is 2.29. The first-order chi connectivity index (χ1) is 8.47. The standard InChI is InChI=1S/C13H21N3OS/c1-18(2,3)9-8-17-10-16-7-5-11-12(14)4-6-15-13(11)16/h4-7H,8-10H2,1-3H3,(H2,14,15). The molecular formula is C13H21N3OS. The van der Waals surface area contributed by atoms with Crippen LogP contribution in [0.2, 0.25) is 0 Å². The fourth-order valence-electron chi connectivity index (χ4n) is 1.69. The number of nitrogens with zero attached hydrogens (tertiary/aromatic N) is 2. The van der Waals surface area contributed by atoms with Crippen molar-refractivity contribution >= 4 is 26.7 Å². The smallest absolute Gasteiger partial charge is 0.143 e. The molecule has 100 valence electrons. The van der Waals surface area contributed by atoms with Crippen molar-refractivity contribution in [3.8, 4) is 0 Å². The Labute approximate surface area is 109 Å². The highest BCUT2D eigenvalue weighted by Crippen LogP contribution is 2.33. The van der Waals surface area contributed by atoms with E-state index in [1.807, 2.05) is 22.9 Å². The molecule has 2 N–H and O–H groups in total. The third-order valence-electron chi connectivity index (χ3n) is 2.77. The summed E-state index contributed by atoms with van der Waals surface area (Å²) in [5.74, 6) is 1.13. The minimum absolute atomic E-state index is 0.484. The van der Waals surface area contributed by atoms with Gasteiger partial charge in [0.25, 0.3) is 0 Å². The SMILES string of the molecule is CS(C)(C)CCOCn1ccc2c(N)ccnc21. The van der Waals surface area contributed by atoms with Crippen LogP contribution in [0.4, 0.5) is 5.69 Å². The van der Waals surface area contributed by atoms with Crippen LogP contribution in [0.5, 0.6) is 0 Å². The molecule has 0 radical (unpaired) electrons. The Morgan fingerprint density at radius 2 is 2.11 bits per heavy atom. The van der Waals surface area contributed by atoms with Crippen LogP contribution in [0.1, 0.15) is 0 Å². The number of anilines is 1. The molecule has 2 aromatic rings. The van der Waals surface area contributed by atoms with Gasteiger partial charge in [-0.1, -0.05) is 0 Å². The summed E-state index contributed by atoms with van der Waals surface area (Å²) in [4.78, 5) is 4.34. The first-order valence-electron chi connectivity index (χ1n) is 5.90. The van der Waals surface area contributed by atoms with Crippen LogP contribution in [0, 0.1) is 0 Å². The van der Waals surface area contributed by atoms with Crippen LogP contribution < -0.4 is 5.73 Å². The summed E-state index contributed by atoms with van der Waals surface area (Å²) >= 11 is 0. The lowest BCUT2D eigenvalue weighted by Gasteiger charge is -2.24. The van der Waals surface area contributed by atoms with Crippen molar-refractivity contribution in [3.05, 3.63) is 24.5 Å². The number of ether oxygens (including phenoxy) is 1. The highest BCUT2D eigenvalue weighted by atomic mass is 32.3. The van der Waals surface area contributed by atoms with Gasteiger partial charge in [0.05, 0.1) is 6.61 Å². The Balaban J connectivity index is 1.98. The third-order valence-corrected chi connectivity index (χ3v) is 4.16. The molecule has 0 unspecified atom stereocenters. The maximum Gasteiger partial charge on any atom is 0.143 e. The zero-order chi connectivity index (χ0) is 13.2. The van der Waals surface area contributed by atoms with E-state index >= 15 is 0 Å². The molecule has 0 aromatic carbocycles. The molecule has 5 heteroatoms. The number of nitrogens with two attached hydrogens (primary N) is 1. The molecule has 0 saturated carbocycles. The molecule has 0 fully saturated rings. The third kappa shape index (κ3) is 3.17. The zero-order valence-corrected chi connectivity index (χ0v) is 12.0. The quantitative estimate of drug-likeness (QED) is 0.846. The molecule has 18 heavy (non-hydrogen) atoms. The van der Waals surface area contributed by atoms with Crippen LogP contribution in [0.25, 0.3) is 11.0 Å². The summed E-state index contributed by atoms with van der Waals surface area (Å²) in [6, 6.07) is 3.80. The summed E-state index contributed by atoms with van der Waals surface area (Å²) < 4.78 is 7.69. The lowest BCUT2D eigenvalue weighted by atomic mass is 10.3. The summed E-state index contributed by atoms with van der Waals surface area (Å²) in [6.45, 7) is 1.33. The number of hydrogen-bond acceptors (Lipinski definition) is 3. The number of hydrogen-bond donors (Lipinski definition) is 1. The van der Waals surface area contributed by atoms with Gasteiger partial charge in [-0.25, -0.2) is 15.0 Å². The molecule has 2 heterocycles. The largest absolute Gasteiger partial charge is 0.398 e. The van der Waals surface area contributed by atoms with Gasteiger partial charge in [-0.2, -0.15) is 0 Å². The van der Waals surface area contributed by atoms with Crippen molar-refractivity contribution in [3.63, 3.8) is 0 Å². The van der Waals surface area contributed by atoms with Gasteiger partial charge in [0.1, 0.15) is 12.4 Å². The van der Waals surface area contributed by atoms with Crippen LogP contribution in [-0.2, 0) is 11.5 Å². The molecule has 2 rings (SSSR count). The van der Waals surface area contributed by atoms with Gasteiger partial charge < -0.3 is 15.0 Å². The maximum atomic E-state index is 5.89. The molecule has 0 spiro atoms. The molecule has 0 aliphatic heterocycles. The second-order valence-electron chi connectivity index (χ2n) is 5.26. The number of rotatable bonds is 5. The van der Waals surface area contributed by atoms with Gasteiger partial charge in [0.2, 0.25) is 0 Å². The lowest BCUT2D eigenvalue weighted by molar-refractivity contribution is 0.0924. The van der Waals surface area contributed by atoms with E-state index in [4.69, 9.17) is 10.5 Å². The highest BCUT2D eigenvalue weighted by Gasteiger charge is 2.06. The van der Waals surface area contributed by atoms with E-state index in [2.05, 4.69) is 23.8 Å². The van der Waals surface area contributed by atoms with Crippen LogP contribution in [-0.4, -0.2) is 40.7 Å². The van der Waals surface area contributed by atoms with E-state index in [1.54, 1.807) is 6.20 Å². The molecule has 0 aliphatic carbocycles. The summed E-state index contributed by atoms with van der Waals surface area (Å²) in [7, 11) is -0.484. The first kappa shape index (κ1) is 13.2. The fraction of sp³-hybridized carbons (Fsp3) is 0.462. The monoisotopic (exact) mass is 267 g/mol. The van der Waals surface area contributed by atoms with Gasteiger partial charge in [-0.3, -0.25) is 0 Å². The number of nitrogen functional groups attached to an aromatic ring is 1. The van der Waals surface area contributed by atoms with E-state index in [0.717, 1.165) is 29.1 Å². The van der Waals surface area contributed by atoms with Crippen molar-refractivity contribution in [2.24, 2.45) is 0 Å². The molecule has 0 aliphatic rings. The van der Waals surface area contributed by atoms with Crippen LogP contribution in [0.3, 0.4) is 0 Å². The van der Waals surface area contributed by atoms with Crippen molar-refractivity contribution in [1.82, 2.24) is 9.55 Å². The van der Waals surface area contributed by atoms with Crippen molar-refractivity contribution in [1.29, 1.82) is 0 Å². The van der Waals surface area contributed by atoms with E-state index in [9.17, 15) is 0 Å². The van der Waals surface area contributed by atoms with E-state index < -0.39 is 10.0 Å². The fourth-order valence-corrected chi connectivity index (χ4v) is 2.31. The van der Waals surface area contributed by atoms with Crippen LogP contribution >= 0.6 is 10.0 Å². The average Bonchev–Trinajstić information content (AvgIpc) is 2.68. The minimum Gasteiger partial charge on any atom is -0.398 e. The predicted molar refractivity (Wildman–Crippen MR) is 80.3 cm³/mol. The normalized spacial score (nSPS) is 13.1. The summed E-state index contributed by atoms with van der Waals surface area (Å²) in [5.41, 5.74) is 7.54. The van der Waals surface area contributed by atoms with Gasteiger partial charge in [-0.05, 0) is 30.9 Å². The lowest BCUT2D eigenvalue weighted by Crippen LogP contribution is -2.09. The molecule has 0 amide bonds. The van der Waals surface area contributed by atoms with Gasteiger partial charge in [-0.15, -0.1) is 0 Å². The molecule has 4 nitrogen and oxygen atoms in total. The van der Waals surface area contributed by atoms with Gasteiger partial charge in [0.15, 0.2) is 0 Å². The Kier molecular flexibility index (Phi) is 3.82. The Hall–Kier alpha value is -1.20. The highest BCUT2D eigenvalue weighted by molar-refractivity contribution is 8.32. The van der Waals surface area contributed by atoms with E-state index in [0.29, 0.717) is 6.73 Å². The van der Waals surface area contributed by atoms with Crippen LogP contribution in [0.15, 0.2) is 24.5 Å². The average molecular weight is 267 g/mol. The van der Waals surface area contributed by atoms with Crippen molar-refractivity contribution < 1.29 is 4.74 Å². The number of aromatic nitrogens is 2. The first-order valence-corrected chi connectivity index (χ1v) is 8.93. The number of pyridine rings is 1. The topological polar surface area (TPSA) is 53.1 Å². The summed E-state index contributed by atoms with van der Waals surface area (Å²) in [6.07, 6.45) is 10.6. The van der Waals surface area contributed by atoms with E-state index in [-0.39, 0.29) is 0 Å². The Morgan fingerprint density at radius 3 is 2.83 bits per heavy atom. The Bertz CT molecular complexity index is 531. The minimum atomic E-state index is -0.484. The van der Waals surface area contributed by atoms with Crippen molar-refractivity contribution in [2.75, 3.05) is 36.9 Å². The van der Waals surface area contributed by atoms with Gasteiger partial charge in [0, 0.05) is 29.2 Å². The molecule has 0 bridgehead atoms. The maximum absolute atomic E-state index is 5.89. The second kappa shape index (κ2) is 5.20.